The normalized spacial score (nSPS) is 13.4. The number of rotatable bonds is 7. The van der Waals surface area contributed by atoms with Gasteiger partial charge in [-0.05, 0) is 20.8 Å². The van der Waals surface area contributed by atoms with E-state index in [4.69, 9.17) is 9.47 Å². The van der Waals surface area contributed by atoms with Gasteiger partial charge in [-0.3, -0.25) is 0 Å². The maximum atomic E-state index is 5.33. The number of thioether (sulfide) groups is 1. The second kappa shape index (κ2) is 8.37. The van der Waals surface area contributed by atoms with Crippen LogP contribution in [0.5, 0.6) is 0 Å². The van der Waals surface area contributed by atoms with Crippen molar-refractivity contribution in [2.45, 2.75) is 26.2 Å². The molecule has 68 valence electrons. The summed E-state index contributed by atoms with van der Waals surface area (Å²) < 4.78 is 10.5. The molecule has 1 atom stereocenters. The molecule has 0 N–H and O–H groups in total. The van der Waals surface area contributed by atoms with Gasteiger partial charge in [-0.25, -0.2) is 0 Å². The Bertz CT molecular complexity index is 78.5. The fraction of sp³-hybridized carbons (Fsp3) is 1.00. The Morgan fingerprint density at radius 3 is 2.55 bits per heavy atom. The lowest BCUT2D eigenvalue weighted by molar-refractivity contribution is 0.135. The van der Waals surface area contributed by atoms with Crippen molar-refractivity contribution in [1.29, 1.82) is 0 Å². The zero-order chi connectivity index (χ0) is 8.53. The molecule has 0 saturated carbocycles. The first-order valence-corrected chi connectivity index (χ1v) is 5.17. The largest absolute Gasteiger partial charge is 0.381 e. The highest BCUT2D eigenvalue weighted by Gasteiger charge is 1.99. The summed E-state index contributed by atoms with van der Waals surface area (Å²) in [4.78, 5) is 0. The molecule has 0 amide bonds. The van der Waals surface area contributed by atoms with Crippen LogP contribution < -0.4 is 0 Å². The Morgan fingerprint density at radius 1 is 1.27 bits per heavy atom. The van der Waals surface area contributed by atoms with Gasteiger partial charge in [0.15, 0.2) is 0 Å². The average Bonchev–Trinajstić information content (AvgIpc) is 1.99. The van der Waals surface area contributed by atoms with Gasteiger partial charge in [0.1, 0.15) is 0 Å². The maximum absolute atomic E-state index is 5.33. The van der Waals surface area contributed by atoms with Gasteiger partial charge in [-0.1, -0.05) is 0 Å². The Labute approximate surface area is 73.6 Å². The topological polar surface area (TPSA) is 18.5 Å². The summed E-state index contributed by atoms with van der Waals surface area (Å²) in [7, 11) is 0. The predicted octanol–water partition coefficient (Wildman–Crippen LogP) is 2.14. The van der Waals surface area contributed by atoms with E-state index in [9.17, 15) is 0 Å². The second-order valence-electron chi connectivity index (χ2n) is 2.09. The van der Waals surface area contributed by atoms with Crippen molar-refractivity contribution in [2.24, 2.45) is 0 Å². The highest BCUT2D eigenvalue weighted by Crippen LogP contribution is 2.10. The van der Waals surface area contributed by atoms with Crippen molar-refractivity contribution in [3.63, 3.8) is 0 Å². The van der Waals surface area contributed by atoms with Gasteiger partial charge in [0.25, 0.3) is 0 Å². The molecule has 1 unspecified atom stereocenters. The molecule has 0 aromatic carbocycles. The molecule has 0 fully saturated rings. The molecule has 0 aromatic heterocycles. The Morgan fingerprint density at radius 2 is 2.00 bits per heavy atom. The molecule has 0 saturated heterocycles. The van der Waals surface area contributed by atoms with Crippen LogP contribution in [0.3, 0.4) is 0 Å². The van der Waals surface area contributed by atoms with E-state index in [1.807, 2.05) is 13.8 Å². The number of hydrogen-bond donors (Lipinski definition) is 0. The molecule has 0 aromatic rings. The van der Waals surface area contributed by atoms with E-state index in [1.165, 1.54) is 0 Å². The molecule has 11 heavy (non-hydrogen) atoms. The van der Waals surface area contributed by atoms with E-state index in [-0.39, 0.29) is 0 Å². The summed E-state index contributed by atoms with van der Waals surface area (Å²) in [5, 5.41) is 0. The number of ether oxygens (including phenoxy) is 2. The maximum Gasteiger partial charge on any atom is 0.1000 e. The van der Waals surface area contributed by atoms with Crippen molar-refractivity contribution in [2.75, 3.05) is 25.6 Å². The zero-order valence-corrected chi connectivity index (χ0v) is 8.45. The molecule has 0 rings (SSSR count). The minimum atomic E-state index is 0.306. The standard InChI is InChI=1S/C8H18O2S/c1-4-9-6-7-11-8(3)10-5-2/h8H,4-7H2,1-3H3. The average molecular weight is 178 g/mol. The summed E-state index contributed by atoms with van der Waals surface area (Å²) in [6.07, 6.45) is 0. The van der Waals surface area contributed by atoms with Crippen LogP contribution in [0.25, 0.3) is 0 Å². The van der Waals surface area contributed by atoms with E-state index in [1.54, 1.807) is 11.8 Å². The molecule has 0 spiro atoms. The summed E-state index contributed by atoms with van der Waals surface area (Å²) >= 11 is 1.79. The van der Waals surface area contributed by atoms with Crippen LogP contribution >= 0.6 is 11.8 Å². The molecular weight excluding hydrogens is 160 g/mol. The van der Waals surface area contributed by atoms with Crippen LogP contribution in [-0.4, -0.2) is 31.0 Å². The van der Waals surface area contributed by atoms with Crippen LogP contribution in [0.2, 0.25) is 0 Å². The van der Waals surface area contributed by atoms with Crippen molar-refractivity contribution < 1.29 is 9.47 Å². The summed E-state index contributed by atoms with van der Waals surface area (Å²) in [5.41, 5.74) is 0.306. The van der Waals surface area contributed by atoms with Crippen molar-refractivity contribution >= 4 is 11.8 Å². The van der Waals surface area contributed by atoms with E-state index >= 15 is 0 Å². The third-order valence-electron chi connectivity index (χ3n) is 1.19. The minimum absolute atomic E-state index is 0.306. The molecule has 3 heteroatoms. The van der Waals surface area contributed by atoms with E-state index < -0.39 is 0 Å². The van der Waals surface area contributed by atoms with Crippen molar-refractivity contribution in [3.8, 4) is 0 Å². The molecule has 0 aliphatic heterocycles. The first-order chi connectivity index (χ1) is 5.31. The third-order valence-corrected chi connectivity index (χ3v) is 2.19. The van der Waals surface area contributed by atoms with Gasteiger partial charge < -0.3 is 9.47 Å². The molecule has 0 aliphatic carbocycles. The van der Waals surface area contributed by atoms with Gasteiger partial charge in [0.2, 0.25) is 0 Å². The van der Waals surface area contributed by atoms with Crippen LogP contribution in [0.15, 0.2) is 0 Å². The lowest BCUT2D eigenvalue weighted by Gasteiger charge is -2.10. The summed E-state index contributed by atoms with van der Waals surface area (Å²) in [6.45, 7) is 8.53. The van der Waals surface area contributed by atoms with Crippen LogP contribution in [0.1, 0.15) is 20.8 Å². The first-order valence-electron chi connectivity index (χ1n) is 4.12. The lowest BCUT2D eigenvalue weighted by Crippen LogP contribution is -2.06. The minimum Gasteiger partial charge on any atom is -0.381 e. The Kier molecular flexibility index (Phi) is 8.57. The van der Waals surface area contributed by atoms with Crippen molar-refractivity contribution in [3.05, 3.63) is 0 Å². The van der Waals surface area contributed by atoms with E-state index in [2.05, 4.69) is 6.92 Å². The fourth-order valence-electron chi connectivity index (χ4n) is 0.700. The van der Waals surface area contributed by atoms with Gasteiger partial charge in [0, 0.05) is 19.0 Å². The lowest BCUT2D eigenvalue weighted by atomic mass is 10.8. The molecule has 0 heterocycles. The second-order valence-corrected chi connectivity index (χ2v) is 3.50. The molecule has 0 radical (unpaired) electrons. The molecule has 0 aliphatic rings. The quantitative estimate of drug-likeness (QED) is 0.439. The van der Waals surface area contributed by atoms with Gasteiger partial charge >= 0.3 is 0 Å². The molecular formula is C8H18O2S. The number of hydrogen-bond acceptors (Lipinski definition) is 3. The van der Waals surface area contributed by atoms with Gasteiger partial charge in [-0.15, -0.1) is 11.8 Å². The van der Waals surface area contributed by atoms with Gasteiger partial charge in [0.05, 0.1) is 12.0 Å². The highest BCUT2D eigenvalue weighted by atomic mass is 32.2. The Hall–Kier alpha value is 0.270. The summed E-state index contributed by atoms with van der Waals surface area (Å²) in [5.74, 6) is 1.02. The van der Waals surface area contributed by atoms with Crippen LogP contribution in [0.4, 0.5) is 0 Å². The molecule has 2 nitrogen and oxygen atoms in total. The van der Waals surface area contributed by atoms with Crippen molar-refractivity contribution in [1.82, 2.24) is 0 Å². The Balaban J connectivity index is 2.97. The van der Waals surface area contributed by atoms with E-state index in [0.29, 0.717) is 5.44 Å². The monoisotopic (exact) mass is 178 g/mol. The van der Waals surface area contributed by atoms with Crippen LogP contribution in [0, 0.1) is 0 Å². The highest BCUT2D eigenvalue weighted by molar-refractivity contribution is 7.99. The van der Waals surface area contributed by atoms with Crippen LogP contribution in [-0.2, 0) is 9.47 Å². The zero-order valence-electron chi connectivity index (χ0n) is 7.63. The predicted molar refractivity (Wildman–Crippen MR) is 50.0 cm³/mol. The SMILES string of the molecule is CCOCCSC(C)OCC. The fourth-order valence-corrected chi connectivity index (χ4v) is 1.48. The molecule has 0 bridgehead atoms. The first kappa shape index (κ1) is 11.3. The van der Waals surface area contributed by atoms with E-state index in [0.717, 1.165) is 25.6 Å². The smallest absolute Gasteiger partial charge is 0.1000 e. The third kappa shape index (κ3) is 8.17. The summed E-state index contributed by atoms with van der Waals surface area (Å²) in [6, 6.07) is 0. The van der Waals surface area contributed by atoms with Gasteiger partial charge in [-0.2, -0.15) is 0 Å².